The molecule has 1 aromatic rings. The van der Waals surface area contributed by atoms with Gasteiger partial charge >= 0.3 is 0 Å². The van der Waals surface area contributed by atoms with Crippen LogP contribution in [-0.2, 0) is 6.42 Å². The number of H-pyrrole nitrogens is 1. The van der Waals surface area contributed by atoms with Gasteiger partial charge in [0.25, 0.3) is 5.56 Å². The molecule has 6 nitrogen and oxygen atoms in total. The molecule has 0 atom stereocenters. The first-order chi connectivity index (χ1) is 10.7. The molecule has 0 radical (unpaired) electrons. The predicted molar refractivity (Wildman–Crippen MR) is 88.6 cm³/mol. The molecule has 2 heterocycles. The van der Waals surface area contributed by atoms with Crippen LogP contribution < -0.4 is 10.5 Å². The van der Waals surface area contributed by atoms with Gasteiger partial charge < -0.3 is 10.0 Å². The molecule has 6 heteroatoms. The lowest BCUT2D eigenvalue weighted by Crippen LogP contribution is -2.48. The van der Waals surface area contributed by atoms with Crippen molar-refractivity contribution in [3.63, 3.8) is 0 Å². The van der Waals surface area contributed by atoms with Crippen LogP contribution in [0, 0.1) is 6.92 Å². The molecule has 2 rings (SSSR count). The second-order valence-electron chi connectivity index (χ2n) is 5.96. The SMILES string of the molecule is CCCCCc1c(C)nc(N2CCN(CCO)CC2)[nH]c1=O. The number of piperazine rings is 1. The van der Waals surface area contributed by atoms with E-state index in [1.165, 1.54) is 0 Å². The third-order valence-corrected chi connectivity index (χ3v) is 4.33. The van der Waals surface area contributed by atoms with E-state index in [-0.39, 0.29) is 12.2 Å². The lowest BCUT2D eigenvalue weighted by atomic mass is 10.1. The van der Waals surface area contributed by atoms with Crippen molar-refractivity contribution in [2.75, 3.05) is 44.2 Å². The molecule has 2 N–H and O–H groups in total. The Labute approximate surface area is 132 Å². The van der Waals surface area contributed by atoms with Gasteiger partial charge in [-0.15, -0.1) is 0 Å². The highest BCUT2D eigenvalue weighted by molar-refractivity contribution is 5.33. The smallest absolute Gasteiger partial charge is 0.255 e. The largest absolute Gasteiger partial charge is 0.395 e. The third-order valence-electron chi connectivity index (χ3n) is 4.33. The second-order valence-corrected chi connectivity index (χ2v) is 5.96. The van der Waals surface area contributed by atoms with Crippen LogP contribution >= 0.6 is 0 Å². The fourth-order valence-corrected chi connectivity index (χ4v) is 2.92. The topological polar surface area (TPSA) is 72.5 Å². The molecule has 1 aromatic heterocycles. The van der Waals surface area contributed by atoms with Crippen molar-refractivity contribution in [3.05, 3.63) is 21.6 Å². The van der Waals surface area contributed by atoms with Crippen LogP contribution in [0.4, 0.5) is 5.95 Å². The monoisotopic (exact) mass is 308 g/mol. The number of aromatic amines is 1. The Morgan fingerprint density at radius 2 is 1.95 bits per heavy atom. The first kappa shape index (κ1) is 17.0. The van der Waals surface area contributed by atoms with Gasteiger partial charge in [-0.25, -0.2) is 4.98 Å². The van der Waals surface area contributed by atoms with Crippen LogP contribution in [-0.4, -0.2) is 59.3 Å². The number of aliphatic hydroxyl groups excluding tert-OH is 1. The van der Waals surface area contributed by atoms with Crippen molar-refractivity contribution < 1.29 is 5.11 Å². The summed E-state index contributed by atoms with van der Waals surface area (Å²) in [6.45, 7) is 8.45. The molecule has 1 aliphatic rings. The van der Waals surface area contributed by atoms with Crippen LogP contribution in [0.5, 0.6) is 0 Å². The Hall–Kier alpha value is -1.40. The molecule has 1 saturated heterocycles. The maximum Gasteiger partial charge on any atom is 0.255 e. The molecule has 0 saturated carbocycles. The van der Waals surface area contributed by atoms with Gasteiger partial charge in [-0.2, -0.15) is 0 Å². The highest BCUT2D eigenvalue weighted by Gasteiger charge is 2.19. The van der Waals surface area contributed by atoms with E-state index in [0.29, 0.717) is 12.5 Å². The van der Waals surface area contributed by atoms with Crippen molar-refractivity contribution in [1.82, 2.24) is 14.9 Å². The summed E-state index contributed by atoms with van der Waals surface area (Å²) in [7, 11) is 0. The number of nitrogens with zero attached hydrogens (tertiary/aromatic N) is 3. The van der Waals surface area contributed by atoms with Crippen LogP contribution in [0.1, 0.15) is 37.4 Å². The summed E-state index contributed by atoms with van der Waals surface area (Å²) >= 11 is 0. The lowest BCUT2D eigenvalue weighted by Gasteiger charge is -2.34. The summed E-state index contributed by atoms with van der Waals surface area (Å²) in [5.41, 5.74) is 1.69. The van der Waals surface area contributed by atoms with Gasteiger partial charge in [0.15, 0.2) is 0 Å². The minimum absolute atomic E-state index is 0.0105. The van der Waals surface area contributed by atoms with Crippen LogP contribution in [0.2, 0.25) is 0 Å². The van der Waals surface area contributed by atoms with Gasteiger partial charge in [0.2, 0.25) is 5.95 Å². The van der Waals surface area contributed by atoms with E-state index in [1.807, 2.05) is 6.92 Å². The number of aryl methyl sites for hydroxylation is 1. The summed E-state index contributed by atoms with van der Waals surface area (Å²) in [6.07, 6.45) is 4.15. The Balaban J connectivity index is 2.02. The van der Waals surface area contributed by atoms with Gasteiger partial charge in [-0.1, -0.05) is 19.8 Å². The highest BCUT2D eigenvalue weighted by atomic mass is 16.3. The molecule has 124 valence electrons. The zero-order valence-corrected chi connectivity index (χ0v) is 13.8. The second kappa shape index (κ2) is 8.29. The molecular formula is C16H28N4O2. The predicted octanol–water partition coefficient (Wildman–Crippen LogP) is 0.925. The van der Waals surface area contributed by atoms with E-state index < -0.39 is 0 Å². The number of nitrogens with one attached hydrogen (secondary N) is 1. The van der Waals surface area contributed by atoms with E-state index in [4.69, 9.17) is 5.11 Å². The number of aliphatic hydroxyl groups is 1. The zero-order chi connectivity index (χ0) is 15.9. The molecule has 22 heavy (non-hydrogen) atoms. The molecule has 0 unspecified atom stereocenters. The average Bonchev–Trinajstić information content (AvgIpc) is 2.51. The van der Waals surface area contributed by atoms with Gasteiger partial charge in [0.05, 0.1) is 6.61 Å². The number of unbranched alkanes of at least 4 members (excludes halogenated alkanes) is 2. The number of rotatable bonds is 7. The highest BCUT2D eigenvalue weighted by Crippen LogP contribution is 2.13. The third kappa shape index (κ3) is 4.30. The Bertz CT molecular complexity index is 521. The Morgan fingerprint density at radius 3 is 2.55 bits per heavy atom. The number of β-amino-alcohol motifs (C(OH)–C–C–N with tert-alkyl or cyclic N) is 1. The normalized spacial score (nSPS) is 16.2. The fourth-order valence-electron chi connectivity index (χ4n) is 2.92. The molecule has 0 amide bonds. The number of aromatic nitrogens is 2. The van der Waals surface area contributed by atoms with Crippen LogP contribution in [0.15, 0.2) is 4.79 Å². The number of anilines is 1. The maximum atomic E-state index is 12.3. The van der Waals surface area contributed by atoms with Gasteiger partial charge in [0, 0.05) is 44.0 Å². The summed E-state index contributed by atoms with van der Waals surface area (Å²) in [4.78, 5) is 24.2. The molecular weight excluding hydrogens is 280 g/mol. The van der Waals surface area contributed by atoms with E-state index in [0.717, 1.165) is 63.1 Å². The van der Waals surface area contributed by atoms with E-state index in [1.54, 1.807) is 0 Å². The van der Waals surface area contributed by atoms with Crippen LogP contribution in [0.3, 0.4) is 0 Å². The molecule has 0 aliphatic carbocycles. The average molecular weight is 308 g/mol. The molecule has 1 aliphatic heterocycles. The van der Waals surface area contributed by atoms with Crippen molar-refractivity contribution in [2.45, 2.75) is 39.5 Å². The van der Waals surface area contributed by atoms with E-state index in [9.17, 15) is 4.79 Å². The van der Waals surface area contributed by atoms with Crippen molar-refractivity contribution >= 4 is 5.95 Å². The summed E-state index contributed by atoms with van der Waals surface area (Å²) < 4.78 is 0. The zero-order valence-electron chi connectivity index (χ0n) is 13.8. The minimum atomic E-state index is 0.0105. The van der Waals surface area contributed by atoms with Gasteiger partial charge in [-0.05, 0) is 19.8 Å². The van der Waals surface area contributed by atoms with Crippen molar-refractivity contribution in [2.24, 2.45) is 0 Å². The number of hydrogen-bond donors (Lipinski definition) is 2. The Morgan fingerprint density at radius 1 is 1.23 bits per heavy atom. The lowest BCUT2D eigenvalue weighted by molar-refractivity contribution is 0.188. The summed E-state index contributed by atoms with van der Waals surface area (Å²) in [5, 5.41) is 8.98. The van der Waals surface area contributed by atoms with Gasteiger partial charge in [0.1, 0.15) is 0 Å². The molecule has 0 bridgehead atoms. The van der Waals surface area contributed by atoms with Crippen molar-refractivity contribution in [1.29, 1.82) is 0 Å². The minimum Gasteiger partial charge on any atom is -0.395 e. The molecule has 0 spiro atoms. The van der Waals surface area contributed by atoms with E-state index in [2.05, 4.69) is 26.7 Å². The Kier molecular flexibility index (Phi) is 6.39. The summed E-state index contributed by atoms with van der Waals surface area (Å²) in [5.74, 6) is 0.686. The quantitative estimate of drug-likeness (QED) is 0.733. The molecule has 1 fully saturated rings. The first-order valence-corrected chi connectivity index (χ1v) is 8.33. The molecule has 0 aromatic carbocycles. The first-order valence-electron chi connectivity index (χ1n) is 8.33. The van der Waals surface area contributed by atoms with Crippen molar-refractivity contribution in [3.8, 4) is 0 Å². The van der Waals surface area contributed by atoms with Gasteiger partial charge in [-0.3, -0.25) is 14.7 Å². The van der Waals surface area contributed by atoms with E-state index >= 15 is 0 Å². The summed E-state index contributed by atoms with van der Waals surface area (Å²) in [6, 6.07) is 0. The standard InChI is InChI=1S/C16H28N4O2/c1-3-4-5-6-14-13(2)17-16(18-15(14)22)20-9-7-19(8-10-20)11-12-21/h21H,3-12H2,1-2H3,(H,17,18,22). The van der Waals surface area contributed by atoms with Crippen LogP contribution in [0.25, 0.3) is 0 Å². The fraction of sp³-hybridized carbons (Fsp3) is 0.750. The maximum absolute atomic E-state index is 12.3. The number of hydrogen-bond acceptors (Lipinski definition) is 5.